The Labute approximate surface area is 134 Å². The molecule has 2 N–H and O–H groups in total. The Morgan fingerprint density at radius 3 is 2.70 bits per heavy atom. The highest BCUT2D eigenvalue weighted by Gasteiger charge is 2.58. The lowest BCUT2D eigenvalue weighted by Gasteiger charge is -2.62. The molecule has 2 aromatic heterocycles. The van der Waals surface area contributed by atoms with Crippen molar-refractivity contribution in [3.63, 3.8) is 0 Å². The van der Waals surface area contributed by atoms with Crippen molar-refractivity contribution in [3.05, 3.63) is 28.7 Å². The summed E-state index contributed by atoms with van der Waals surface area (Å²) >= 11 is 0. The number of anilines is 1. The SMILES string of the molecule is O=c1ccc2cnc(NC3CCNCC3)nc2n1C12CC(C1)C2. The van der Waals surface area contributed by atoms with Crippen LogP contribution in [0.25, 0.3) is 11.0 Å². The molecule has 6 rings (SSSR count). The number of hydrogen-bond donors (Lipinski definition) is 2. The van der Waals surface area contributed by atoms with Crippen LogP contribution in [0.15, 0.2) is 23.1 Å². The number of fused-ring (bicyclic) bond motifs is 1. The topological polar surface area (TPSA) is 71.8 Å². The second-order valence-corrected chi connectivity index (χ2v) is 7.35. The maximum absolute atomic E-state index is 12.5. The van der Waals surface area contributed by atoms with Crippen LogP contribution in [0.5, 0.6) is 0 Å². The molecule has 0 unspecified atom stereocenters. The molecule has 0 aromatic carbocycles. The van der Waals surface area contributed by atoms with E-state index < -0.39 is 0 Å². The Balaban J connectivity index is 1.55. The van der Waals surface area contributed by atoms with Gasteiger partial charge in [-0.25, -0.2) is 4.98 Å². The standard InChI is InChI=1S/C17H21N5O/c23-14-2-1-12-10-19-16(20-13-3-5-18-6-4-13)21-15(12)22(14)17-7-11(8-17)9-17/h1-2,10-11,13,18H,3-9H2,(H,19,20,21). The quantitative estimate of drug-likeness (QED) is 0.898. The predicted molar refractivity (Wildman–Crippen MR) is 88.6 cm³/mol. The van der Waals surface area contributed by atoms with Gasteiger partial charge in [0, 0.05) is 23.7 Å². The van der Waals surface area contributed by atoms with E-state index >= 15 is 0 Å². The summed E-state index contributed by atoms with van der Waals surface area (Å²) in [5.41, 5.74) is 0.908. The normalized spacial score (nSPS) is 29.8. The van der Waals surface area contributed by atoms with E-state index in [0.29, 0.717) is 12.0 Å². The van der Waals surface area contributed by atoms with Gasteiger partial charge in [0.05, 0.1) is 5.54 Å². The van der Waals surface area contributed by atoms with Gasteiger partial charge >= 0.3 is 0 Å². The molecule has 1 aliphatic heterocycles. The Morgan fingerprint density at radius 1 is 1.22 bits per heavy atom. The zero-order valence-electron chi connectivity index (χ0n) is 13.1. The lowest BCUT2D eigenvalue weighted by atomic mass is 9.49. The first-order valence-corrected chi connectivity index (χ1v) is 8.60. The second kappa shape index (κ2) is 4.77. The van der Waals surface area contributed by atoms with Gasteiger partial charge in [0.15, 0.2) is 0 Å². The van der Waals surface area contributed by atoms with Crippen LogP contribution >= 0.6 is 0 Å². The van der Waals surface area contributed by atoms with Crippen molar-refractivity contribution >= 4 is 17.0 Å². The van der Waals surface area contributed by atoms with Crippen molar-refractivity contribution in [3.8, 4) is 0 Å². The lowest BCUT2D eigenvalue weighted by molar-refractivity contribution is -0.0883. The number of aromatic nitrogens is 3. The molecular formula is C17H21N5O. The van der Waals surface area contributed by atoms with Crippen LogP contribution in [0, 0.1) is 5.92 Å². The van der Waals surface area contributed by atoms with Gasteiger partial charge in [0.1, 0.15) is 5.65 Å². The maximum atomic E-state index is 12.5. The monoisotopic (exact) mass is 311 g/mol. The Kier molecular flexibility index (Phi) is 2.80. The number of nitrogens with zero attached hydrogens (tertiary/aromatic N) is 3. The Bertz CT molecular complexity index is 806. The van der Waals surface area contributed by atoms with Gasteiger partial charge < -0.3 is 10.6 Å². The number of pyridine rings is 1. The van der Waals surface area contributed by atoms with Gasteiger partial charge in [-0.3, -0.25) is 9.36 Å². The molecule has 0 spiro atoms. The molecule has 6 heteroatoms. The highest BCUT2D eigenvalue weighted by atomic mass is 16.1. The van der Waals surface area contributed by atoms with Crippen molar-refractivity contribution < 1.29 is 0 Å². The summed E-state index contributed by atoms with van der Waals surface area (Å²) in [4.78, 5) is 21.6. The van der Waals surface area contributed by atoms with Gasteiger partial charge in [-0.1, -0.05) is 0 Å². The molecule has 0 radical (unpaired) electrons. The molecule has 0 amide bonds. The molecule has 4 aliphatic rings. The average molecular weight is 311 g/mol. The van der Waals surface area contributed by atoms with Crippen molar-refractivity contribution in [2.75, 3.05) is 18.4 Å². The first-order valence-electron chi connectivity index (χ1n) is 8.60. The van der Waals surface area contributed by atoms with Crippen LogP contribution in [-0.4, -0.2) is 33.7 Å². The summed E-state index contributed by atoms with van der Waals surface area (Å²) in [5, 5.41) is 7.75. The van der Waals surface area contributed by atoms with Crippen molar-refractivity contribution in [2.24, 2.45) is 5.92 Å². The van der Waals surface area contributed by atoms with Crippen LogP contribution in [0.4, 0.5) is 5.95 Å². The fourth-order valence-corrected chi connectivity index (χ4v) is 4.40. The molecular weight excluding hydrogens is 290 g/mol. The fraction of sp³-hybridized carbons (Fsp3) is 0.588. The number of hydrogen-bond acceptors (Lipinski definition) is 5. The van der Waals surface area contributed by atoms with Crippen LogP contribution in [-0.2, 0) is 5.54 Å². The predicted octanol–water partition coefficient (Wildman–Crippen LogP) is 1.46. The van der Waals surface area contributed by atoms with Crippen LogP contribution in [0.2, 0.25) is 0 Å². The smallest absolute Gasteiger partial charge is 0.252 e. The van der Waals surface area contributed by atoms with Gasteiger partial charge in [0.2, 0.25) is 5.95 Å². The molecule has 120 valence electrons. The molecule has 0 atom stereocenters. The molecule has 4 fully saturated rings. The van der Waals surface area contributed by atoms with Crippen LogP contribution < -0.4 is 16.2 Å². The molecule has 3 aliphatic carbocycles. The molecule has 2 bridgehead atoms. The van der Waals surface area contributed by atoms with Gasteiger partial charge in [-0.05, 0) is 57.2 Å². The Hall–Kier alpha value is -1.95. The number of piperidine rings is 1. The third kappa shape index (κ3) is 2.01. The summed E-state index contributed by atoms with van der Waals surface area (Å²) in [7, 11) is 0. The van der Waals surface area contributed by atoms with E-state index in [1.54, 1.807) is 6.07 Å². The zero-order chi connectivity index (χ0) is 15.4. The second-order valence-electron chi connectivity index (χ2n) is 7.35. The molecule has 3 heterocycles. The van der Waals surface area contributed by atoms with Gasteiger partial charge in [-0.15, -0.1) is 0 Å². The highest BCUT2D eigenvalue weighted by molar-refractivity contribution is 5.75. The Morgan fingerprint density at radius 2 is 2.00 bits per heavy atom. The largest absolute Gasteiger partial charge is 0.351 e. The molecule has 23 heavy (non-hydrogen) atoms. The molecule has 3 saturated carbocycles. The fourth-order valence-electron chi connectivity index (χ4n) is 4.40. The van der Waals surface area contributed by atoms with E-state index in [9.17, 15) is 4.79 Å². The van der Waals surface area contributed by atoms with E-state index in [2.05, 4.69) is 15.6 Å². The average Bonchev–Trinajstić information content (AvgIpc) is 2.48. The highest BCUT2D eigenvalue weighted by Crippen LogP contribution is 2.62. The molecule has 1 saturated heterocycles. The van der Waals surface area contributed by atoms with Gasteiger partial charge in [0.25, 0.3) is 5.56 Å². The van der Waals surface area contributed by atoms with Crippen LogP contribution in [0.1, 0.15) is 32.1 Å². The van der Waals surface area contributed by atoms with E-state index in [1.807, 2.05) is 16.8 Å². The van der Waals surface area contributed by atoms with Crippen LogP contribution in [0.3, 0.4) is 0 Å². The summed E-state index contributed by atoms with van der Waals surface area (Å²) in [6.07, 6.45) is 7.39. The summed E-state index contributed by atoms with van der Waals surface area (Å²) in [6.45, 7) is 2.06. The third-order valence-corrected chi connectivity index (χ3v) is 5.79. The van der Waals surface area contributed by atoms with E-state index in [0.717, 1.165) is 62.1 Å². The van der Waals surface area contributed by atoms with Gasteiger partial charge in [-0.2, -0.15) is 4.98 Å². The van der Waals surface area contributed by atoms with E-state index in [4.69, 9.17) is 4.98 Å². The minimum absolute atomic E-state index is 0.0433. The molecule has 2 aromatic rings. The lowest BCUT2D eigenvalue weighted by Crippen LogP contribution is -2.62. The van der Waals surface area contributed by atoms with E-state index in [1.165, 1.54) is 0 Å². The third-order valence-electron chi connectivity index (χ3n) is 5.79. The van der Waals surface area contributed by atoms with Crippen molar-refractivity contribution in [1.82, 2.24) is 19.9 Å². The molecule has 6 nitrogen and oxygen atoms in total. The number of nitrogens with one attached hydrogen (secondary N) is 2. The zero-order valence-corrected chi connectivity index (χ0v) is 13.1. The van der Waals surface area contributed by atoms with Crippen molar-refractivity contribution in [2.45, 2.75) is 43.7 Å². The first kappa shape index (κ1) is 13.5. The minimum Gasteiger partial charge on any atom is -0.351 e. The maximum Gasteiger partial charge on any atom is 0.252 e. The summed E-state index contributed by atoms with van der Waals surface area (Å²) in [5.74, 6) is 1.47. The first-order chi connectivity index (χ1) is 11.2. The number of rotatable bonds is 3. The van der Waals surface area contributed by atoms with E-state index in [-0.39, 0.29) is 11.1 Å². The minimum atomic E-state index is 0.0433. The summed E-state index contributed by atoms with van der Waals surface area (Å²) < 4.78 is 1.94. The van der Waals surface area contributed by atoms with Crippen molar-refractivity contribution in [1.29, 1.82) is 0 Å². The summed E-state index contributed by atoms with van der Waals surface area (Å²) in [6, 6.07) is 3.91.